The van der Waals surface area contributed by atoms with Crippen molar-refractivity contribution in [1.29, 1.82) is 0 Å². The second-order valence-electron chi connectivity index (χ2n) is 8.26. The standard InChI is InChI=1S/C19H28N4O2.C2HF3O2/c1-15-4-5-16(12-20-15)19(24)23-13-17-18(14-23)25-11-10-22(17)9-8-21-6-2-3-7-21;3-2(4,5)1(6)7/h4-5,12,17-18H,2-3,6-11,13-14H2,1H3;(H,6,7)/t17-,18+;/m1./s1. The highest BCUT2D eigenvalue weighted by atomic mass is 19.4. The van der Waals surface area contributed by atoms with Crippen molar-refractivity contribution >= 4 is 11.9 Å². The zero-order valence-corrected chi connectivity index (χ0v) is 18.1. The van der Waals surface area contributed by atoms with Gasteiger partial charge in [-0.2, -0.15) is 13.2 Å². The van der Waals surface area contributed by atoms with Crippen molar-refractivity contribution in [3.05, 3.63) is 29.6 Å². The summed E-state index contributed by atoms with van der Waals surface area (Å²) in [6.07, 6.45) is -0.579. The van der Waals surface area contributed by atoms with E-state index in [1.165, 1.54) is 25.9 Å². The predicted octanol–water partition coefficient (Wildman–Crippen LogP) is 1.64. The van der Waals surface area contributed by atoms with E-state index in [2.05, 4.69) is 14.8 Å². The minimum atomic E-state index is -5.08. The third-order valence-electron chi connectivity index (χ3n) is 6.01. The molecule has 4 rings (SSSR count). The first kappa shape index (κ1) is 24.4. The average molecular weight is 458 g/mol. The summed E-state index contributed by atoms with van der Waals surface area (Å²) in [5, 5.41) is 7.12. The van der Waals surface area contributed by atoms with Crippen molar-refractivity contribution in [3.8, 4) is 0 Å². The molecule has 1 aromatic rings. The lowest BCUT2D eigenvalue weighted by Crippen LogP contribution is -2.52. The molecule has 0 unspecified atom stereocenters. The van der Waals surface area contributed by atoms with Crippen molar-refractivity contribution in [2.45, 2.75) is 38.1 Å². The van der Waals surface area contributed by atoms with Gasteiger partial charge in [0.15, 0.2) is 0 Å². The molecule has 1 aromatic heterocycles. The zero-order chi connectivity index (χ0) is 23.3. The lowest BCUT2D eigenvalue weighted by molar-refractivity contribution is -0.192. The SMILES string of the molecule is Cc1ccc(C(=O)N2C[C@@H]3OCCN(CCN4CCCC4)[C@@H]3C2)cn1.O=C(O)C(F)(F)F. The first-order valence-corrected chi connectivity index (χ1v) is 10.7. The Morgan fingerprint density at radius 3 is 2.44 bits per heavy atom. The van der Waals surface area contributed by atoms with Crippen LogP contribution < -0.4 is 0 Å². The van der Waals surface area contributed by atoms with Crippen molar-refractivity contribution < 1.29 is 32.6 Å². The number of likely N-dealkylation sites (tertiary alicyclic amines) is 2. The smallest absolute Gasteiger partial charge is 0.475 e. The number of hydrogen-bond donors (Lipinski definition) is 1. The second-order valence-corrected chi connectivity index (χ2v) is 8.26. The summed E-state index contributed by atoms with van der Waals surface area (Å²) in [5.74, 6) is -2.68. The number of aliphatic carboxylic acids is 1. The van der Waals surface area contributed by atoms with Crippen LogP contribution in [0.25, 0.3) is 0 Å². The van der Waals surface area contributed by atoms with Crippen molar-refractivity contribution in [1.82, 2.24) is 19.7 Å². The van der Waals surface area contributed by atoms with Gasteiger partial charge in [-0.05, 0) is 45.0 Å². The van der Waals surface area contributed by atoms with Crippen molar-refractivity contribution in [3.63, 3.8) is 0 Å². The normalized spacial score (nSPS) is 24.1. The molecule has 3 fully saturated rings. The van der Waals surface area contributed by atoms with Crippen LogP contribution in [0.3, 0.4) is 0 Å². The molecule has 178 valence electrons. The van der Waals surface area contributed by atoms with E-state index in [1.807, 2.05) is 24.0 Å². The van der Waals surface area contributed by atoms with Gasteiger partial charge < -0.3 is 19.6 Å². The van der Waals surface area contributed by atoms with E-state index in [-0.39, 0.29) is 12.0 Å². The number of fused-ring (bicyclic) bond motifs is 1. The Morgan fingerprint density at radius 1 is 1.16 bits per heavy atom. The number of aryl methyl sites for hydroxylation is 1. The number of carboxylic acid groups (broad SMARTS) is 1. The molecule has 8 nitrogen and oxygen atoms in total. The summed E-state index contributed by atoms with van der Waals surface area (Å²) in [5.41, 5.74) is 1.61. The summed E-state index contributed by atoms with van der Waals surface area (Å²) in [7, 11) is 0. The van der Waals surface area contributed by atoms with E-state index in [1.54, 1.807) is 6.20 Å². The minimum absolute atomic E-state index is 0.0741. The highest BCUT2D eigenvalue weighted by Crippen LogP contribution is 2.24. The van der Waals surface area contributed by atoms with E-state index < -0.39 is 12.1 Å². The zero-order valence-electron chi connectivity index (χ0n) is 18.1. The van der Waals surface area contributed by atoms with Crippen LogP contribution in [0.4, 0.5) is 13.2 Å². The topological polar surface area (TPSA) is 86.2 Å². The second kappa shape index (κ2) is 10.6. The van der Waals surface area contributed by atoms with E-state index in [4.69, 9.17) is 14.6 Å². The number of hydrogen-bond acceptors (Lipinski definition) is 6. The highest BCUT2D eigenvalue weighted by Gasteiger charge is 2.42. The molecule has 11 heteroatoms. The number of carbonyl (C=O) groups is 2. The van der Waals surface area contributed by atoms with Crippen molar-refractivity contribution in [2.24, 2.45) is 0 Å². The maximum Gasteiger partial charge on any atom is 0.490 e. The largest absolute Gasteiger partial charge is 0.490 e. The Kier molecular flexibility index (Phi) is 8.07. The maximum absolute atomic E-state index is 12.8. The first-order valence-electron chi connectivity index (χ1n) is 10.7. The molecular weight excluding hydrogens is 429 g/mol. The van der Waals surface area contributed by atoms with Gasteiger partial charge in [-0.3, -0.25) is 14.7 Å². The molecule has 3 saturated heterocycles. The molecule has 3 aliphatic heterocycles. The van der Waals surface area contributed by atoms with E-state index in [9.17, 15) is 18.0 Å². The first-order chi connectivity index (χ1) is 15.1. The van der Waals surface area contributed by atoms with Gasteiger partial charge in [0.05, 0.1) is 24.3 Å². The van der Waals surface area contributed by atoms with Gasteiger partial charge in [0.1, 0.15) is 0 Å². The van der Waals surface area contributed by atoms with Crippen LogP contribution in [0.5, 0.6) is 0 Å². The maximum atomic E-state index is 12.8. The molecule has 0 spiro atoms. The molecule has 1 amide bonds. The van der Waals surface area contributed by atoms with E-state index in [0.29, 0.717) is 18.2 Å². The number of alkyl halides is 3. The third-order valence-corrected chi connectivity index (χ3v) is 6.01. The van der Waals surface area contributed by atoms with Crippen molar-refractivity contribution in [2.75, 3.05) is 52.4 Å². The Labute approximate surface area is 184 Å². The van der Waals surface area contributed by atoms with Crippen LogP contribution in [0, 0.1) is 6.92 Å². The number of carbonyl (C=O) groups excluding carboxylic acids is 1. The Bertz CT molecular complexity index is 784. The number of nitrogens with zero attached hydrogens (tertiary/aromatic N) is 4. The number of ether oxygens (including phenoxy) is 1. The quantitative estimate of drug-likeness (QED) is 0.734. The van der Waals surface area contributed by atoms with Crippen LogP contribution in [-0.2, 0) is 9.53 Å². The van der Waals surface area contributed by atoms with Gasteiger partial charge in [0.2, 0.25) is 0 Å². The van der Waals surface area contributed by atoms with Gasteiger partial charge in [0.25, 0.3) is 5.91 Å². The fourth-order valence-corrected chi connectivity index (χ4v) is 4.25. The van der Waals surface area contributed by atoms with Gasteiger partial charge >= 0.3 is 12.1 Å². The molecule has 0 saturated carbocycles. The number of morpholine rings is 1. The average Bonchev–Trinajstić information content (AvgIpc) is 3.42. The number of amides is 1. The Morgan fingerprint density at radius 2 is 1.84 bits per heavy atom. The highest BCUT2D eigenvalue weighted by molar-refractivity contribution is 5.94. The van der Waals surface area contributed by atoms with Crippen LogP contribution >= 0.6 is 0 Å². The fourth-order valence-electron chi connectivity index (χ4n) is 4.25. The molecule has 0 aromatic carbocycles. The Hall–Kier alpha value is -2.24. The van der Waals surface area contributed by atoms with Crippen LogP contribution in [-0.4, -0.2) is 107 Å². The molecule has 0 bridgehead atoms. The van der Waals surface area contributed by atoms with Crippen LogP contribution in [0.15, 0.2) is 18.3 Å². The molecule has 32 heavy (non-hydrogen) atoms. The third kappa shape index (κ3) is 6.39. The lowest BCUT2D eigenvalue weighted by atomic mass is 10.1. The molecular formula is C21H29F3N4O4. The summed E-state index contributed by atoms with van der Waals surface area (Å²) in [4.78, 5) is 33.0. The molecule has 4 heterocycles. The van der Waals surface area contributed by atoms with Crippen LogP contribution in [0.1, 0.15) is 28.9 Å². The van der Waals surface area contributed by atoms with Gasteiger partial charge in [0, 0.05) is 44.6 Å². The number of rotatable bonds is 4. The molecule has 2 atom stereocenters. The molecule has 1 N–H and O–H groups in total. The van der Waals surface area contributed by atoms with Gasteiger partial charge in [-0.1, -0.05) is 0 Å². The Balaban J connectivity index is 0.000000360. The summed E-state index contributed by atoms with van der Waals surface area (Å²) >= 11 is 0. The van der Waals surface area contributed by atoms with Gasteiger partial charge in [-0.15, -0.1) is 0 Å². The number of aromatic nitrogens is 1. The fraction of sp³-hybridized carbons (Fsp3) is 0.667. The summed E-state index contributed by atoms with van der Waals surface area (Å²) < 4.78 is 37.7. The predicted molar refractivity (Wildman–Crippen MR) is 109 cm³/mol. The minimum Gasteiger partial charge on any atom is -0.475 e. The number of pyridine rings is 1. The monoisotopic (exact) mass is 458 g/mol. The van der Waals surface area contributed by atoms with Crippen LogP contribution in [0.2, 0.25) is 0 Å². The van der Waals surface area contributed by atoms with Gasteiger partial charge in [-0.25, -0.2) is 4.79 Å². The summed E-state index contributed by atoms with van der Waals surface area (Å²) in [6.45, 7) is 9.84. The molecule has 3 aliphatic rings. The number of carboxylic acids is 1. The summed E-state index contributed by atoms with van der Waals surface area (Å²) in [6, 6.07) is 4.10. The molecule has 0 radical (unpaired) electrons. The van der Waals surface area contributed by atoms with E-state index in [0.717, 1.165) is 38.5 Å². The van der Waals surface area contributed by atoms with E-state index >= 15 is 0 Å². The lowest BCUT2D eigenvalue weighted by Gasteiger charge is -2.37. The number of halogens is 3. The molecule has 0 aliphatic carbocycles.